The zero-order valence-corrected chi connectivity index (χ0v) is 9.04. The fourth-order valence-corrected chi connectivity index (χ4v) is 2.86. The van der Waals surface area contributed by atoms with Gasteiger partial charge in [0.2, 0.25) is 0 Å². The first kappa shape index (κ1) is 9.59. The van der Waals surface area contributed by atoms with Crippen molar-refractivity contribution in [1.82, 2.24) is 0 Å². The lowest BCUT2D eigenvalue weighted by Gasteiger charge is -2.20. The van der Waals surface area contributed by atoms with Gasteiger partial charge >= 0.3 is 0 Å². The van der Waals surface area contributed by atoms with Gasteiger partial charge in [-0.05, 0) is 17.4 Å². The molecule has 1 heteroatoms. The number of ketones is 1. The summed E-state index contributed by atoms with van der Waals surface area (Å²) in [5.41, 5.74) is 1.29. The van der Waals surface area contributed by atoms with Crippen LogP contribution in [0.2, 0.25) is 0 Å². The van der Waals surface area contributed by atoms with E-state index in [1.165, 1.54) is 5.56 Å². The third-order valence-electron chi connectivity index (χ3n) is 3.66. The molecule has 0 radical (unpaired) electrons. The third kappa shape index (κ3) is 1.44. The summed E-state index contributed by atoms with van der Waals surface area (Å²) in [6, 6.07) is 10.4. The summed E-state index contributed by atoms with van der Waals surface area (Å²) in [4.78, 5) is 11.9. The number of fused-ring (bicyclic) bond motifs is 1. The molecule has 0 aliphatic heterocycles. The van der Waals surface area contributed by atoms with E-state index in [-0.39, 0.29) is 5.92 Å². The molecule has 0 bridgehead atoms. The highest BCUT2D eigenvalue weighted by Gasteiger charge is 2.40. The first-order valence-electron chi connectivity index (χ1n) is 5.79. The van der Waals surface area contributed by atoms with E-state index in [0.29, 0.717) is 24.0 Å². The van der Waals surface area contributed by atoms with Crippen LogP contribution in [-0.4, -0.2) is 5.78 Å². The van der Waals surface area contributed by atoms with E-state index in [2.05, 4.69) is 42.5 Å². The van der Waals surface area contributed by atoms with Crippen molar-refractivity contribution in [1.29, 1.82) is 0 Å². The smallest absolute Gasteiger partial charge is 0.140 e. The molecule has 1 aromatic rings. The zero-order chi connectivity index (χ0) is 11.0. The minimum Gasteiger partial charge on any atom is -0.299 e. The van der Waals surface area contributed by atoms with Crippen LogP contribution in [0.1, 0.15) is 17.9 Å². The molecule has 1 aromatic carbocycles. The molecule has 80 valence electrons. The Morgan fingerprint density at radius 1 is 1.00 bits per heavy atom. The molecule has 0 amide bonds. The summed E-state index contributed by atoms with van der Waals surface area (Å²) >= 11 is 0. The summed E-state index contributed by atoms with van der Waals surface area (Å²) in [7, 11) is 0. The number of Topliss-reactive ketones (excluding diaryl/α,β-unsaturated/α-hetero) is 1. The topological polar surface area (TPSA) is 17.1 Å². The molecule has 0 N–H and O–H groups in total. The van der Waals surface area contributed by atoms with E-state index >= 15 is 0 Å². The lowest BCUT2D eigenvalue weighted by atomic mass is 9.83. The van der Waals surface area contributed by atoms with Gasteiger partial charge in [-0.1, -0.05) is 54.6 Å². The van der Waals surface area contributed by atoms with Gasteiger partial charge in [0.25, 0.3) is 0 Å². The van der Waals surface area contributed by atoms with Crippen molar-refractivity contribution in [2.45, 2.75) is 12.3 Å². The predicted octanol–water partition coefficient (Wildman–Crippen LogP) is 3.10. The number of rotatable bonds is 1. The first-order chi connectivity index (χ1) is 7.86. The second-order valence-corrected chi connectivity index (χ2v) is 4.56. The van der Waals surface area contributed by atoms with Gasteiger partial charge in [0.05, 0.1) is 0 Å². The van der Waals surface area contributed by atoms with E-state index < -0.39 is 0 Å². The molecule has 1 saturated carbocycles. The number of hydrogen-bond acceptors (Lipinski definition) is 1. The van der Waals surface area contributed by atoms with Crippen LogP contribution in [0, 0.1) is 11.8 Å². The fourth-order valence-electron chi connectivity index (χ4n) is 2.86. The molecule has 1 nitrogen and oxygen atoms in total. The molecule has 0 saturated heterocycles. The van der Waals surface area contributed by atoms with Crippen molar-refractivity contribution in [3.8, 4) is 0 Å². The Hall–Kier alpha value is -1.63. The molecule has 3 rings (SSSR count). The highest BCUT2D eigenvalue weighted by molar-refractivity contribution is 5.87. The fraction of sp³-hybridized carbons (Fsp3) is 0.267. The summed E-state index contributed by atoms with van der Waals surface area (Å²) < 4.78 is 0. The average Bonchev–Trinajstić information content (AvgIpc) is 2.69. The Kier molecular flexibility index (Phi) is 2.24. The van der Waals surface area contributed by atoms with Gasteiger partial charge in [0, 0.05) is 12.3 Å². The average molecular weight is 210 g/mol. The number of carbonyl (C=O) groups excluding carboxylic acids is 1. The number of benzene rings is 1. The van der Waals surface area contributed by atoms with E-state index in [9.17, 15) is 4.79 Å². The maximum atomic E-state index is 11.9. The third-order valence-corrected chi connectivity index (χ3v) is 3.66. The summed E-state index contributed by atoms with van der Waals surface area (Å²) in [6.45, 7) is 0. The molecule has 2 aliphatic rings. The SMILES string of the molecule is O=C1CC(c2ccccc2)C2C=CC=CC12. The molecule has 0 heterocycles. The van der Waals surface area contributed by atoms with Gasteiger partial charge < -0.3 is 0 Å². The number of allylic oxidation sites excluding steroid dienone is 4. The van der Waals surface area contributed by atoms with Crippen molar-refractivity contribution < 1.29 is 4.79 Å². The molecule has 3 unspecified atom stereocenters. The normalized spacial score (nSPS) is 31.8. The van der Waals surface area contributed by atoms with Crippen LogP contribution in [0.5, 0.6) is 0 Å². The molecule has 0 spiro atoms. The molecule has 16 heavy (non-hydrogen) atoms. The Balaban J connectivity index is 1.96. The minimum absolute atomic E-state index is 0.121. The van der Waals surface area contributed by atoms with Crippen molar-refractivity contribution in [2.24, 2.45) is 11.8 Å². The van der Waals surface area contributed by atoms with E-state index in [4.69, 9.17) is 0 Å². The summed E-state index contributed by atoms with van der Waals surface area (Å²) in [6.07, 6.45) is 8.99. The van der Waals surface area contributed by atoms with Crippen LogP contribution < -0.4 is 0 Å². The maximum Gasteiger partial charge on any atom is 0.140 e. The summed E-state index contributed by atoms with van der Waals surface area (Å²) in [5.74, 6) is 1.26. The monoisotopic (exact) mass is 210 g/mol. The Morgan fingerprint density at radius 3 is 2.56 bits per heavy atom. The summed E-state index contributed by atoms with van der Waals surface area (Å²) in [5, 5.41) is 0. The predicted molar refractivity (Wildman–Crippen MR) is 64.1 cm³/mol. The second kappa shape index (κ2) is 3.75. The minimum atomic E-state index is 0.121. The Labute approximate surface area is 95.5 Å². The quantitative estimate of drug-likeness (QED) is 0.696. The molecule has 1 fully saturated rings. The van der Waals surface area contributed by atoms with Gasteiger partial charge in [-0.15, -0.1) is 0 Å². The van der Waals surface area contributed by atoms with E-state index in [1.54, 1.807) is 0 Å². The largest absolute Gasteiger partial charge is 0.299 e. The first-order valence-corrected chi connectivity index (χ1v) is 5.79. The van der Waals surface area contributed by atoms with Crippen molar-refractivity contribution in [2.75, 3.05) is 0 Å². The van der Waals surface area contributed by atoms with Crippen molar-refractivity contribution in [3.05, 3.63) is 60.2 Å². The van der Waals surface area contributed by atoms with Crippen LogP contribution in [0.4, 0.5) is 0 Å². The molecule has 3 atom stereocenters. The van der Waals surface area contributed by atoms with Crippen LogP contribution in [-0.2, 0) is 4.79 Å². The molecular formula is C15H14O. The van der Waals surface area contributed by atoms with Gasteiger partial charge in [-0.25, -0.2) is 0 Å². The number of carbonyl (C=O) groups is 1. The van der Waals surface area contributed by atoms with Crippen molar-refractivity contribution >= 4 is 5.78 Å². The lowest BCUT2D eigenvalue weighted by molar-refractivity contribution is -0.119. The highest BCUT2D eigenvalue weighted by atomic mass is 16.1. The van der Waals surface area contributed by atoms with Crippen LogP contribution >= 0.6 is 0 Å². The van der Waals surface area contributed by atoms with Crippen LogP contribution in [0.15, 0.2) is 54.6 Å². The Bertz CT molecular complexity index is 456. The second-order valence-electron chi connectivity index (χ2n) is 4.56. The van der Waals surface area contributed by atoms with Gasteiger partial charge in [0.1, 0.15) is 5.78 Å². The van der Waals surface area contributed by atoms with Gasteiger partial charge in [0.15, 0.2) is 0 Å². The maximum absolute atomic E-state index is 11.9. The number of hydrogen-bond donors (Lipinski definition) is 0. The van der Waals surface area contributed by atoms with E-state index in [1.807, 2.05) is 12.1 Å². The highest BCUT2D eigenvalue weighted by Crippen LogP contribution is 2.44. The van der Waals surface area contributed by atoms with Crippen LogP contribution in [0.25, 0.3) is 0 Å². The standard InChI is InChI=1S/C15H14O/c16-15-10-14(11-6-2-1-3-7-11)12-8-4-5-9-13(12)15/h1-9,12-14H,10H2. The van der Waals surface area contributed by atoms with E-state index in [0.717, 1.165) is 0 Å². The molecule has 2 aliphatic carbocycles. The lowest BCUT2D eigenvalue weighted by Crippen LogP contribution is -2.14. The van der Waals surface area contributed by atoms with Gasteiger partial charge in [-0.3, -0.25) is 4.79 Å². The van der Waals surface area contributed by atoms with Crippen molar-refractivity contribution in [3.63, 3.8) is 0 Å². The Morgan fingerprint density at radius 2 is 1.75 bits per heavy atom. The molecule has 0 aromatic heterocycles. The molecular weight excluding hydrogens is 196 g/mol. The zero-order valence-electron chi connectivity index (χ0n) is 9.04. The van der Waals surface area contributed by atoms with Gasteiger partial charge in [-0.2, -0.15) is 0 Å². The van der Waals surface area contributed by atoms with Crippen LogP contribution in [0.3, 0.4) is 0 Å².